The standard InChI is InChI=1S/C23H37N3O4S/c1-5-20(24-4)22(27)25-21(17(2)3)23(28)26-14-9-12-19(26)13-15-31(29,30)16-18-10-7-6-8-11-18/h6-8,10-11,17,19-21,24H,5,9,12-16H2,1-4H3,(H,25,27)/t19-,20-,21-/m0/s1. The quantitative estimate of drug-likeness (QED) is 0.537. The van der Waals surface area contributed by atoms with Crippen LogP contribution >= 0.6 is 0 Å². The lowest BCUT2D eigenvalue weighted by Gasteiger charge is -2.32. The van der Waals surface area contributed by atoms with E-state index in [4.69, 9.17) is 0 Å². The smallest absolute Gasteiger partial charge is 0.245 e. The zero-order chi connectivity index (χ0) is 23.0. The highest BCUT2D eigenvalue weighted by atomic mass is 32.2. The lowest BCUT2D eigenvalue weighted by atomic mass is 10.0. The Hall–Kier alpha value is -1.93. The first kappa shape index (κ1) is 25.3. The predicted octanol–water partition coefficient (Wildman–Crippen LogP) is 2.12. The number of sulfone groups is 1. The molecule has 0 saturated carbocycles. The van der Waals surface area contributed by atoms with Gasteiger partial charge >= 0.3 is 0 Å². The molecule has 0 radical (unpaired) electrons. The Bertz CT molecular complexity index is 822. The number of carbonyl (C=O) groups excluding carboxylic acids is 2. The van der Waals surface area contributed by atoms with Crippen LogP contribution in [0.1, 0.15) is 52.0 Å². The Morgan fingerprint density at radius 2 is 1.87 bits per heavy atom. The van der Waals surface area contributed by atoms with Gasteiger partial charge in [-0.3, -0.25) is 9.59 Å². The van der Waals surface area contributed by atoms with Gasteiger partial charge in [0.2, 0.25) is 11.8 Å². The average molecular weight is 452 g/mol. The first-order chi connectivity index (χ1) is 14.7. The topological polar surface area (TPSA) is 95.6 Å². The summed E-state index contributed by atoms with van der Waals surface area (Å²) < 4.78 is 25.2. The fourth-order valence-corrected chi connectivity index (χ4v) is 5.58. The maximum atomic E-state index is 13.3. The molecule has 1 aliphatic rings. The first-order valence-corrected chi connectivity index (χ1v) is 13.0. The summed E-state index contributed by atoms with van der Waals surface area (Å²) in [6.45, 7) is 6.35. The molecule has 1 fully saturated rings. The fraction of sp³-hybridized carbons (Fsp3) is 0.652. The van der Waals surface area contributed by atoms with Gasteiger partial charge in [0.05, 0.1) is 17.5 Å². The maximum Gasteiger partial charge on any atom is 0.245 e. The average Bonchev–Trinajstić information content (AvgIpc) is 3.20. The van der Waals surface area contributed by atoms with Crippen LogP contribution in [0.5, 0.6) is 0 Å². The minimum atomic E-state index is -3.26. The Labute approximate surface area is 186 Å². The van der Waals surface area contributed by atoms with E-state index in [2.05, 4.69) is 10.6 Å². The van der Waals surface area contributed by atoms with E-state index in [-0.39, 0.29) is 41.3 Å². The van der Waals surface area contributed by atoms with E-state index in [0.29, 0.717) is 19.4 Å². The highest BCUT2D eigenvalue weighted by Gasteiger charge is 2.36. The van der Waals surface area contributed by atoms with Gasteiger partial charge in [-0.15, -0.1) is 0 Å². The Morgan fingerprint density at radius 3 is 2.45 bits per heavy atom. The van der Waals surface area contributed by atoms with Crippen LogP contribution in [-0.2, 0) is 25.2 Å². The number of likely N-dealkylation sites (tertiary alicyclic amines) is 1. The number of nitrogens with one attached hydrogen (secondary N) is 2. The Morgan fingerprint density at radius 1 is 1.19 bits per heavy atom. The molecule has 2 amide bonds. The van der Waals surface area contributed by atoms with Gasteiger partial charge in [-0.1, -0.05) is 51.1 Å². The molecule has 1 aliphatic heterocycles. The minimum absolute atomic E-state index is 0.0155. The van der Waals surface area contributed by atoms with Crippen molar-refractivity contribution in [2.45, 2.75) is 70.3 Å². The Kier molecular flexibility index (Phi) is 9.50. The number of nitrogens with zero attached hydrogens (tertiary/aromatic N) is 1. The van der Waals surface area contributed by atoms with Crippen molar-refractivity contribution >= 4 is 21.7 Å². The third-order valence-electron chi connectivity index (χ3n) is 5.96. The van der Waals surface area contributed by atoms with Gasteiger partial charge in [0.25, 0.3) is 0 Å². The molecule has 0 aromatic heterocycles. The first-order valence-electron chi connectivity index (χ1n) is 11.2. The van der Waals surface area contributed by atoms with Crippen LogP contribution < -0.4 is 10.6 Å². The summed E-state index contributed by atoms with van der Waals surface area (Å²) in [6.07, 6.45) is 2.70. The highest BCUT2D eigenvalue weighted by Crippen LogP contribution is 2.24. The summed E-state index contributed by atoms with van der Waals surface area (Å²) >= 11 is 0. The van der Waals surface area contributed by atoms with Gasteiger partial charge in [0, 0.05) is 12.6 Å². The number of amides is 2. The number of rotatable bonds is 11. The zero-order valence-electron chi connectivity index (χ0n) is 19.1. The SMILES string of the molecule is CC[C@H](NC)C(=O)N[C@H](C(=O)N1CCC[C@H]1CCS(=O)(=O)Cc1ccccc1)C(C)C. The second-order valence-electron chi connectivity index (χ2n) is 8.67. The molecule has 2 N–H and O–H groups in total. The molecule has 1 saturated heterocycles. The summed E-state index contributed by atoms with van der Waals surface area (Å²) in [5, 5.41) is 5.88. The highest BCUT2D eigenvalue weighted by molar-refractivity contribution is 7.90. The number of benzene rings is 1. The van der Waals surface area contributed by atoms with E-state index in [1.807, 2.05) is 51.1 Å². The molecule has 1 aromatic carbocycles. The van der Waals surface area contributed by atoms with Gasteiger partial charge in [-0.05, 0) is 44.2 Å². The van der Waals surface area contributed by atoms with Gasteiger partial charge in [0.15, 0.2) is 9.84 Å². The van der Waals surface area contributed by atoms with Crippen LogP contribution in [0.4, 0.5) is 0 Å². The molecular formula is C23H37N3O4S. The third-order valence-corrected chi connectivity index (χ3v) is 7.59. The van der Waals surface area contributed by atoms with Crippen molar-refractivity contribution in [3.63, 3.8) is 0 Å². The van der Waals surface area contributed by atoms with E-state index in [1.54, 1.807) is 11.9 Å². The van der Waals surface area contributed by atoms with E-state index in [1.165, 1.54) is 0 Å². The minimum Gasteiger partial charge on any atom is -0.343 e. The summed E-state index contributed by atoms with van der Waals surface area (Å²) in [5.41, 5.74) is 0.777. The molecule has 8 heteroatoms. The fourth-order valence-electron chi connectivity index (χ4n) is 4.11. The molecule has 0 spiro atoms. The molecule has 0 bridgehead atoms. The monoisotopic (exact) mass is 451 g/mol. The van der Waals surface area contributed by atoms with Gasteiger partial charge in [0.1, 0.15) is 6.04 Å². The summed E-state index contributed by atoms with van der Waals surface area (Å²) in [6, 6.07) is 8.09. The molecule has 0 unspecified atom stereocenters. The number of likely N-dealkylation sites (N-methyl/N-ethyl adjacent to an activating group) is 1. The molecule has 174 valence electrons. The summed E-state index contributed by atoms with van der Waals surface area (Å²) in [5.74, 6) is -0.293. The van der Waals surface area contributed by atoms with Crippen LogP contribution in [0.2, 0.25) is 0 Å². The third kappa shape index (κ3) is 7.31. The molecule has 1 aromatic rings. The van der Waals surface area contributed by atoms with Crippen molar-refractivity contribution in [2.75, 3.05) is 19.3 Å². The second-order valence-corrected chi connectivity index (χ2v) is 10.9. The van der Waals surface area contributed by atoms with E-state index >= 15 is 0 Å². The van der Waals surface area contributed by atoms with Crippen LogP contribution in [0.25, 0.3) is 0 Å². The van der Waals surface area contributed by atoms with Crippen molar-refractivity contribution in [2.24, 2.45) is 5.92 Å². The molecule has 1 heterocycles. The van der Waals surface area contributed by atoms with Crippen molar-refractivity contribution in [3.8, 4) is 0 Å². The molecule has 2 rings (SSSR count). The predicted molar refractivity (Wildman–Crippen MR) is 123 cm³/mol. The van der Waals surface area contributed by atoms with Crippen molar-refractivity contribution in [3.05, 3.63) is 35.9 Å². The van der Waals surface area contributed by atoms with Crippen LogP contribution in [0.3, 0.4) is 0 Å². The molecule has 7 nitrogen and oxygen atoms in total. The lowest BCUT2D eigenvalue weighted by Crippen LogP contribution is -2.55. The Balaban J connectivity index is 2.01. The molecule has 0 aliphatic carbocycles. The van der Waals surface area contributed by atoms with Crippen LogP contribution in [0, 0.1) is 5.92 Å². The zero-order valence-corrected chi connectivity index (χ0v) is 20.0. The van der Waals surface area contributed by atoms with E-state index in [0.717, 1.165) is 18.4 Å². The molecule has 3 atom stereocenters. The van der Waals surface area contributed by atoms with Crippen molar-refractivity contribution < 1.29 is 18.0 Å². The van der Waals surface area contributed by atoms with E-state index in [9.17, 15) is 18.0 Å². The largest absolute Gasteiger partial charge is 0.343 e. The number of hydrogen-bond donors (Lipinski definition) is 2. The van der Waals surface area contributed by atoms with Gasteiger partial charge < -0.3 is 15.5 Å². The number of carbonyl (C=O) groups is 2. The lowest BCUT2D eigenvalue weighted by molar-refractivity contribution is -0.138. The van der Waals surface area contributed by atoms with Gasteiger partial charge in [-0.2, -0.15) is 0 Å². The summed E-state index contributed by atoms with van der Waals surface area (Å²) in [7, 11) is -1.53. The van der Waals surface area contributed by atoms with Crippen molar-refractivity contribution in [1.82, 2.24) is 15.5 Å². The molecular weight excluding hydrogens is 414 g/mol. The maximum absolute atomic E-state index is 13.3. The van der Waals surface area contributed by atoms with Gasteiger partial charge in [-0.25, -0.2) is 8.42 Å². The van der Waals surface area contributed by atoms with Crippen molar-refractivity contribution in [1.29, 1.82) is 0 Å². The van der Waals surface area contributed by atoms with E-state index < -0.39 is 15.9 Å². The van der Waals surface area contributed by atoms with Crippen LogP contribution in [0.15, 0.2) is 30.3 Å². The number of hydrogen-bond acceptors (Lipinski definition) is 5. The van der Waals surface area contributed by atoms with Crippen LogP contribution in [-0.4, -0.2) is 62.6 Å². The summed E-state index contributed by atoms with van der Waals surface area (Å²) in [4.78, 5) is 27.6. The second kappa shape index (κ2) is 11.6. The molecule has 31 heavy (non-hydrogen) atoms. The normalized spacial score (nSPS) is 18.7.